The number of carbonyl (C=O) groups excluding carboxylic acids is 1. The number of benzene rings is 1. The van der Waals surface area contributed by atoms with Crippen LogP contribution < -0.4 is 0 Å². The van der Waals surface area contributed by atoms with E-state index in [9.17, 15) is 14.7 Å². The summed E-state index contributed by atoms with van der Waals surface area (Å²) in [5.41, 5.74) is 3.42. The predicted octanol–water partition coefficient (Wildman–Crippen LogP) is 1.96. The van der Waals surface area contributed by atoms with Crippen molar-refractivity contribution >= 4 is 23.2 Å². The SMILES string of the molecule is O=C(O)c1ccccc1CCC(=O)N1CCOC(Cn2cc(-c3cncs3)nn2)C1. The Balaban J connectivity index is 1.32. The second-order valence-electron chi connectivity index (χ2n) is 6.99. The molecular weight excluding hydrogens is 406 g/mol. The smallest absolute Gasteiger partial charge is 0.335 e. The lowest BCUT2D eigenvalue weighted by Crippen LogP contribution is -2.47. The van der Waals surface area contributed by atoms with Crippen LogP contribution in [0.4, 0.5) is 0 Å². The van der Waals surface area contributed by atoms with Crippen LogP contribution >= 0.6 is 11.3 Å². The highest BCUT2D eigenvalue weighted by Crippen LogP contribution is 2.20. The molecule has 0 spiro atoms. The van der Waals surface area contributed by atoms with Crippen molar-refractivity contribution in [1.29, 1.82) is 0 Å². The molecule has 1 unspecified atom stereocenters. The number of carbonyl (C=O) groups is 2. The van der Waals surface area contributed by atoms with E-state index in [-0.39, 0.29) is 24.0 Å². The zero-order valence-corrected chi connectivity index (χ0v) is 17.0. The van der Waals surface area contributed by atoms with Crippen molar-refractivity contribution < 1.29 is 19.4 Å². The van der Waals surface area contributed by atoms with Crippen LogP contribution in [0.1, 0.15) is 22.3 Å². The summed E-state index contributed by atoms with van der Waals surface area (Å²) in [4.78, 5) is 30.8. The minimum Gasteiger partial charge on any atom is -0.478 e. The molecule has 156 valence electrons. The van der Waals surface area contributed by atoms with E-state index in [0.29, 0.717) is 38.2 Å². The number of amides is 1. The largest absolute Gasteiger partial charge is 0.478 e. The quantitative estimate of drug-likeness (QED) is 0.614. The van der Waals surface area contributed by atoms with E-state index in [2.05, 4.69) is 15.3 Å². The van der Waals surface area contributed by atoms with Gasteiger partial charge in [-0.2, -0.15) is 0 Å². The van der Waals surface area contributed by atoms with Gasteiger partial charge in [-0.05, 0) is 18.1 Å². The number of hydrogen-bond acceptors (Lipinski definition) is 7. The Morgan fingerprint density at radius 1 is 1.30 bits per heavy atom. The van der Waals surface area contributed by atoms with E-state index in [1.807, 2.05) is 6.20 Å². The number of morpholine rings is 1. The van der Waals surface area contributed by atoms with Crippen molar-refractivity contribution in [2.75, 3.05) is 19.7 Å². The third kappa shape index (κ3) is 4.71. The van der Waals surface area contributed by atoms with Crippen LogP contribution in [0.25, 0.3) is 10.6 Å². The van der Waals surface area contributed by atoms with Crippen molar-refractivity contribution in [3.63, 3.8) is 0 Å². The third-order valence-electron chi connectivity index (χ3n) is 4.96. The molecular formula is C20H21N5O4S. The average molecular weight is 427 g/mol. The number of carboxylic acids is 1. The first-order valence-corrected chi connectivity index (χ1v) is 10.5. The number of thiazole rings is 1. The van der Waals surface area contributed by atoms with E-state index in [1.165, 1.54) is 11.3 Å². The predicted molar refractivity (Wildman–Crippen MR) is 109 cm³/mol. The lowest BCUT2D eigenvalue weighted by atomic mass is 10.0. The fraction of sp³-hybridized carbons (Fsp3) is 0.350. The number of nitrogens with zero attached hydrogens (tertiary/aromatic N) is 5. The van der Waals surface area contributed by atoms with Gasteiger partial charge in [-0.3, -0.25) is 9.78 Å². The van der Waals surface area contributed by atoms with Crippen LogP contribution in [0, 0.1) is 0 Å². The molecule has 1 saturated heterocycles. The van der Waals surface area contributed by atoms with Gasteiger partial charge in [0.1, 0.15) is 5.69 Å². The van der Waals surface area contributed by atoms with Crippen molar-refractivity contribution in [2.24, 2.45) is 0 Å². The van der Waals surface area contributed by atoms with Gasteiger partial charge in [-0.25, -0.2) is 9.48 Å². The third-order valence-corrected chi connectivity index (χ3v) is 5.76. The Bertz CT molecular complexity index is 1020. The average Bonchev–Trinajstić information content (AvgIpc) is 3.44. The minimum absolute atomic E-state index is 0.00701. The summed E-state index contributed by atoms with van der Waals surface area (Å²) in [7, 11) is 0. The molecule has 2 aromatic heterocycles. The summed E-state index contributed by atoms with van der Waals surface area (Å²) in [6.07, 6.45) is 4.07. The summed E-state index contributed by atoms with van der Waals surface area (Å²) in [6, 6.07) is 6.79. The first-order valence-electron chi connectivity index (χ1n) is 9.59. The highest BCUT2D eigenvalue weighted by Gasteiger charge is 2.25. The molecule has 1 N–H and O–H groups in total. The highest BCUT2D eigenvalue weighted by atomic mass is 32.1. The Morgan fingerprint density at radius 3 is 2.97 bits per heavy atom. The van der Waals surface area contributed by atoms with Gasteiger partial charge >= 0.3 is 5.97 Å². The Kier molecular flexibility index (Phi) is 6.15. The Hall–Kier alpha value is -3.11. The van der Waals surface area contributed by atoms with Crippen LogP contribution in [0.15, 0.2) is 42.2 Å². The van der Waals surface area contributed by atoms with Gasteiger partial charge < -0.3 is 14.7 Å². The maximum absolute atomic E-state index is 12.7. The second-order valence-corrected chi connectivity index (χ2v) is 7.87. The number of aromatic nitrogens is 4. The van der Waals surface area contributed by atoms with Crippen LogP contribution in [-0.2, 0) is 22.5 Å². The fourth-order valence-electron chi connectivity index (χ4n) is 3.45. The molecule has 1 atom stereocenters. The molecule has 0 bridgehead atoms. The maximum atomic E-state index is 12.7. The van der Waals surface area contributed by atoms with Gasteiger partial charge in [0.25, 0.3) is 0 Å². The van der Waals surface area contributed by atoms with Gasteiger partial charge in [-0.1, -0.05) is 23.4 Å². The van der Waals surface area contributed by atoms with Gasteiger partial charge in [0, 0.05) is 25.7 Å². The molecule has 4 rings (SSSR count). The minimum atomic E-state index is -0.977. The van der Waals surface area contributed by atoms with Gasteiger partial charge in [0.05, 0.1) is 41.4 Å². The number of rotatable bonds is 7. The lowest BCUT2D eigenvalue weighted by molar-refractivity contribution is -0.139. The van der Waals surface area contributed by atoms with Crippen LogP contribution in [0.3, 0.4) is 0 Å². The number of ether oxygens (including phenoxy) is 1. The van der Waals surface area contributed by atoms with E-state index < -0.39 is 5.97 Å². The number of carboxylic acid groups (broad SMARTS) is 1. The number of hydrogen-bond donors (Lipinski definition) is 1. The standard InChI is InChI=1S/C20H21N5O4S/c26-19(6-5-14-3-1-2-4-16(14)20(27)28)24-7-8-29-15(10-24)11-25-12-17(22-23-25)18-9-21-13-30-18/h1-4,9,12-13,15H,5-8,10-11H2,(H,27,28). The molecule has 1 aliphatic rings. The van der Waals surface area contributed by atoms with E-state index in [0.717, 1.165) is 10.6 Å². The molecule has 0 radical (unpaired) electrons. The van der Waals surface area contributed by atoms with Crippen LogP contribution in [0.2, 0.25) is 0 Å². The molecule has 1 aromatic carbocycles. The molecule has 3 aromatic rings. The molecule has 30 heavy (non-hydrogen) atoms. The zero-order valence-electron chi connectivity index (χ0n) is 16.2. The topological polar surface area (TPSA) is 110 Å². The van der Waals surface area contributed by atoms with Crippen LogP contribution in [0.5, 0.6) is 0 Å². The molecule has 10 heteroatoms. The van der Waals surface area contributed by atoms with E-state index in [4.69, 9.17) is 4.74 Å². The fourth-order valence-corrected chi connectivity index (χ4v) is 4.03. The molecule has 3 heterocycles. The van der Waals surface area contributed by atoms with Gasteiger partial charge in [-0.15, -0.1) is 16.4 Å². The van der Waals surface area contributed by atoms with E-state index >= 15 is 0 Å². The summed E-state index contributed by atoms with van der Waals surface area (Å²) in [5.74, 6) is -0.984. The second kappa shape index (κ2) is 9.14. The lowest BCUT2D eigenvalue weighted by Gasteiger charge is -2.33. The Labute approximate surface area is 176 Å². The van der Waals surface area contributed by atoms with Crippen molar-refractivity contribution in [1.82, 2.24) is 24.9 Å². The Morgan fingerprint density at radius 2 is 2.17 bits per heavy atom. The monoisotopic (exact) mass is 427 g/mol. The first kappa shape index (κ1) is 20.2. The van der Waals surface area contributed by atoms with Crippen molar-refractivity contribution in [2.45, 2.75) is 25.5 Å². The first-order chi connectivity index (χ1) is 14.6. The maximum Gasteiger partial charge on any atom is 0.335 e. The summed E-state index contributed by atoms with van der Waals surface area (Å²) < 4.78 is 7.52. The van der Waals surface area contributed by atoms with Crippen LogP contribution in [-0.4, -0.2) is 67.7 Å². The van der Waals surface area contributed by atoms with Crippen molar-refractivity contribution in [3.05, 3.63) is 53.3 Å². The normalized spacial score (nSPS) is 16.5. The summed E-state index contributed by atoms with van der Waals surface area (Å²) >= 11 is 1.50. The summed E-state index contributed by atoms with van der Waals surface area (Å²) in [5, 5.41) is 17.6. The molecule has 1 fully saturated rings. The summed E-state index contributed by atoms with van der Waals surface area (Å²) in [6.45, 7) is 1.95. The highest BCUT2D eigenvalue weighted by molar-refractivity contribution is 7.13. The van der Waals surface area contributed by atoms with Gasteiger partial charge in [0.15, 0.2) is 0 Å². The molecule has 1 amide bonds. The van der Waals surface area contributed by atoms with Gasteiger partial charge in [0.2, 0.25) is 5.91 Å². The molecule has 9 nitrogen and oxygen atoms in total. The number of aryl methyl sites for hydroxylation is 1. The number of aromatic carboxylic acids is 1. The van der Waals surface area contributed by atoms with Crippen molar-refractivity contribution in [3.8, 4) is 10.6 Å². The molecule has 0 saturated carbocycles. The zero-order chi connectivity index (χ0) is 20.9. The van der Waals surface area contributed by atoms with E-state index in [1.54, 1.807) is 45.6 Å². The molecule has 0 aliphatic carbocycles. The molecule has 1 aliphatic heterocycles.